The molecule has 0 radical (unpaired) electrons. The molecule has 0 heterocycles. The molecule has 1 amide bonds. The predicted octanol–water partition coefficient (Wildman–Crippen LogP) is 1.40. The first-order valence-electron chi connectivity index (χ1n) is 4.24. The summed E-state index contributed by atoms with van der Waals surface area (Å²) in [5, 5.41) is 10.7. The van der Waals surface area contributed by atoms with E-state index in [0.29, 0.717) is 0 Å². The van der Waals surface area contributed by atoms with Gasteiger partial charge in [-0.25, -0.2) is 4.39 Å². The Balaban J connectivity index is 3.54. The number of carbonyl (C=O) groups excluding carboxylic acids is 1. The molecule has 0 aliphatic rings. The number of nitrogens with zero attached hydrogens (tertiary/aromatic N) is 1. The normalized spacial score (nSPS) is 10.0. The highest BCUT2D eigenvalue weighted by atomic mass is 19.1. The van der Waals surface area contributed by atoms with E-state index in [4.69, 9.17) is 5.73 Å². The van der Waals surface area contributed by atoms with E-state index in [2.05, 4.69) is 0 Å². The topological polar surface area (TPSA) is 86.2 Å². The van der Waals surface area contributed by atoms with Crippen molar-refractivity contribution in [3.8, 4) is 0 Å². The maximum absolute atomic E-state index is 13.0. The van der Waals surface area contributed by atoms with Crippen LogP contribution in [0.4, 0.5) is 10.1 Å². The minimum atomic E-state index is -1.00. The molecular formula is C9H9FN2O3. The zero-order valence-electron chi connectivity index (χ0n) is 7.99. The Morgan fingerprint density at radius 3 is 2.60 bits per heavy atom. The smallest absolute Gasteiger partial charge is 0.285 e. The van der Waals surface area contributed by atoms with Crippen LogP contribution in [0.3, 0.4) is 0 Å². The summed E-state index contributed by atoms with van der Waals surface area (Å²) in [5.74, 6) is -1.71. The number of hydrogen-bond acceptors (Lipinski definition) is 3. The van der Waals surface area contributed by atoms with Crippen LogP contribution in [0.2, 0.25) is 0 Å². The Morgan fingerprint density at radius 1 is 1.60 bits per heavy atom. The third-order valence-electron chi connectivity index (χ3n) is 1.98. The number of nitro groups is 1. The second-order valence-corrected chi connectivity index (χ2v) is 2.94. The molecule has 0 saturated heterocycles. The highest BCUT2D eigenvalue weighted by molar-refractivity contribution is 5.97. The van der Waals surface area contributed by atoms with Crippen LogP contribution < -0.4 is 5.73 Å². The quantitative estimate of drug-likeness (QED) is 0.606. The molecule has 0 aromatic heterocycles. The molecule has 1 rings (SSSR count). The lowest BCUT2D eigenvalue weighted by Gasteiger charge is -2.04. The van der Waals surface area contributed by atoms with Crippen molar-refractivity contribution in [1.82, 2.24) is 0 Å². The first-order valence-corrected chi connectivity index (χ1v) is 4.24. The molecular weight excluding hydrogens is 203 g/mol. The minimum absolute atomic E-state index is 0.161. The molecule has 6 heteroatoms. The molecule has 2 N–H and O–H groups in total. The van der Waals surface area contributed by atoms with Crippen molar-refractivity contribution in [2.24, 2.45) is 5.73 Å². The fraction of sp³-hybridized carbons (Fsp3) is 0.222. The molecule has 0 spiro atoms. The van der Waals surface area contributed by atoms with Gasteiger partial charge in [-0.15, -0.1) is 0 Å². The predicted molar refractivity (Wildman–Crippen MR) is 51.0 cm³/mol. The van der Waals surface area contributed by atoms with Crippen molar-refractivity contribution >= 4 is 11.6 Å². The second kappa shape index (κ2) is 4.04. The van der Waals surface area contributed by atoms with Crippen molar-refractivity contribution in [3.63, 3.8) is 0 Å². The van der Waals surface area contributed by atoms with Gasteiger partial charge in [0.15, 0.2) is 0 Å². The number of nitro benzene ring substituents is 1. The van der Waals surface area contributed by atoms with Gasteiger partial charge >= 0.3 is 0 Å². The summed E-state index contributed by atoms with van der Waals surface area (Å²) >= 11 is 0. The van der Waals surface area contributed by atoms with E-state index in [1.54, 1.807) is 6.92 Å². The number of nitrogens with two attached hydrogens (primary N) is 1. The monoisotopic (exact) mass is 212 g/mol. The zero-order chi connectivity index (χ0) is 11.6. The van der Waals surface area contributed by atoms with Crippen LogP contribution in [0.15, 0.2) is 12.1 Å². The molecule has 5 nitrogen and oxygen atoms in total. The summed E-state index contributed by atoms with van der Waals surface area (Å²) in [7, 11) is 0. The van der Waals surface area contributed by atoms with Gasteiger partial charge in [0.1, 0.15) is 11.4 Å². The number of aryl methyl sites for hydroxylation is 1. The Kier molecular flexibility index (Phi) is 2.99. The SMILES string of the molecule is CCc1cc(F)cc(C(N)=O)c1[N+](=O)[O-]. The molecule has 1 aromatic carbocycles. The molecule has 0 saturated carbocycles. The molecule has 0 unspecified atom stereocenters. The van der Waals surface area contributed by atoms with Gasteiger partial charge in [0.2, 0.25) is 0 Å². The maximum Gasteiger partial charge on any atom is 0.285 e. The van der Waals surface area contributed by atoms with Gasteiger partial charge in [-0.3, -0.25) is 14.9 Å². The highest BCUT2D eigenvalue weighted by Gasteiger charge is 2.23. The molecule has 0 aliphatic carbocycles. The maximum atomic E-state index is 13.0. The van der Waals surface area contributed by atoms with Gasteiger partial charge in [-0.1, -0.05) is 6.92 Å². The number of primary amides is 1. The van der Waals surface area contributed by atoms with E-state index in [1.165, 1.54) is 0 Å². The van der Waals surface area contributed by atoms with Gasteiger partial charge in [-0.05, 0) is 18.6 Å². The summed E-state index contributed by atoms with van der Waals surface area (Å²) in [6.07, 6.45) is 0.258. The molecule has 0 aliphatic heterocycles. The van der Waals surface area contributed by atoms with Crippen LogP contribution in [0.5, 0.6) is 0 Å². The summed E-state index contributed by atoms with van der Waals surface area (Å²) in [4.78, 5) is 20.9. The molecule has 0 bridgehead atoms. The summed E-state index contributed by atoms with van der Waals surface area (Å²) in [6, 6.07) is 1.81. The molecule has 0 atom stereocenters. The number of amides is 1. The van der Waals surface area contributed by atoms with E-state index in [1.807, 2.05) is 0 Å². The molecule has 0 fully saturated rings. The van der Waals surface area contributed by atoms with Crippen LogP contribution in [0.1, 0.15) is 22.8 Å². The Bertz CT molecular complexity index is 432. The lowest BCUT2D eigenvalue weighted by molar-refractivity contribution is -0.385. The lowest BCUT2D eigenvalue weighted by atomic mass is 10.0. The third-order valence-corrected chi connectivity index (χ3v) is 1.98. The van der Waals surface area contributed by atoms with E-state index in [-0.39, 0.29) is 12.0 Å². The van der Waals surface area contributed by atoms with Crippen LogP contribution in [0, 0.1) is 15.9 Å². The van der Waals surface area contributed by atoms with Crippen molar-refractivity contribution in [2.45, 2.75) is 13.3 Å². The summed E-state index contributed by atoms with van der Waals surface area (Å²) in [6.45, 7) is 1.63. The fourth-order valence-electron chi connectivity index (χ4n) is 1.33. The number of carbonyl (C=O) groups is 1. The highest BCUT2D eigenvalue weighted by Crippen LogP contribution is 2.25. The Hall–Kier alpha value is -1.98. The number of halogens is 1. The van der Waals surface area contributed by atoms with Crippen LogP contribution in [0.25, 0.3) is 0 Å². The second-order valence-electron chi connectivity index (χ2n) is 2.94. The Morgan fingerprint density at radius 2 is 2.20 bits per heavy atom. The number of hydrogen-bond donors (Lipinski definition) is 1. The average molecular weight is 212 g/mol. The zero-order valence-corrected chi connectivity index (χ0v) is 7.99. The first kappa shape index (κ1) is 11.1. The third kappa shape index (κ3) is 2.09. The van der Waals surface area contributed by atoms with Crippen molar-refractivity contribution in [1.29, 1.82) is 0 Å². The van der Waals surface area contributed by atoms with Crippen molar-refractivity contribution < 1.29 is 14.1 Å². The summed E-state index contributed by atoms with van der Waals surface area (Å²) in [5.41, 5.74) is 4.29. The molecule has 1 aromatic rings. The van der Waals surface area contributed by atoms with Crippen molar-refractivity contribution in [3.05, 3.63) is 39.2 Å². The Labute approximate surface area is 84.8 Å². The largest absolute Gasteiger partial charge is 0.365 e. The molecule has 15 heavy (non-hydrogen) atoms. The van der Waals surface area contributed by atoms with Crippen LogP contribution in [-0.2, 0) is 6.42 Å². The average Bonchev–Trinajstić information content (AvgIpc) is 2.15. The van der Waals surface area contributed by atoms with Crippen LogP contribution >= 0.6 is 0 Å². The first-order chi connectivity index (χ1) is 6.97. The minimum Gasteiger partial charge on any atom is -0.365 e. The van der Waals surface area contributed by atoms with Gasteiger partial charge in [0, 0.05) is 5.56 Å². The fourth-order valence-corrected chi connectivity index (χ4v) is 1.33. The standard InChI is InChI=1S/C9H9FN2O3/c1-2-5-3-6(10)4-7(9(11)13)8(5)12(14)15/h3-4H,2H2,1H3,(H2,11,13). The van der Waals surface area contributed by atoms with E-state index >= 15 is 0 Å². The number of rotatable bonds is 3. The van der Waals surface area contributed by atoms with E-state index < -0.39 is 27.9 Å². The van der Waals surface area contributed by atoms with Gasteiger partial charge < -0.3 is 5.73 Å². The van der Waals surface area contributed by atoms with Crippen molar-refractivity contribution in [2.75, 3.05) is 0 Å². The number of benzene rings is 1. The summed E-state index contributed by atoms with van der Waals surface area (Å²) < 4.78 is 13.0. The van der Waals surface area contributed by atoms with Gasteiger partial charge in [0.05, 0.1) is 4.92 Å². The van der Waals surface area contributed by atoms with Gasteiger partial charge in [-0.2, -0.15) is 0 Å². The lowest BCUT2D eigenvalue weighted by Crippen LogP contribution is -2.15. The van der Waals surface area contributed by atoms with Crippen LogP contribution in [-0.4, -0.2) is 10.8 Å². The van der Waals surface area contributed by atoms with E-state index in [9.17, 15) is 19.3 Å². The van der Waals surface area contributed by atoms with E-state index in [0.717, 1.165) is 12.1 Å². The van der Waals surface area contributed by atoms with Gasteiger partial charge in [0.25, 0.3) is 11.6 Å². The molecule has 80 valence electrons.